The summed E-state index contributed by atoms with van der Waals surface area (Å²) >= 11 is 1.78. The fourth-order valence-corrected chi connectivity index (χ4v) is 3.82. The highest BCUT2D eigenvalue weighted by Gasteiger charge is 2.20. The van der Waals surface area contributed by atoms with Gasteiger partial charge in [0.05, 0.1) is 0 Å². The third-order valence-electron chi connectivity index (χ3n) is 4.57. The Morgan fingerprint density at radius 1 is 1.00 bits per heavy atom. The van der Waals surface area contributed by atoms with Gasteiger partial charge in [-0.15, -0.1) is 11.3 Å². The summed E-state index contributed by atoms with van der Waals surface area (Å²) in [6.07, 6.45) is 1.16. The number of thiophene rings is 1. The molecule has 2 aromatic rings. The van der Waals surface area contributed by atoms with Crippen molar-refractivity contribution in [1.82, 2.24) is 15.1 Å². The standard InChI is InChI=1S/C20H25N3O2S/c24-19(9-4-10-21-20(25)17-6-2-1-3-7-17)23-13-11-22(12-14-23)16-18-8-5-15-26-18/h1-3,5-8,15H,4,9-14,16H2,(H,21,25). The Morgan fingerprint density at radius 2 is 1.77 bits per heavy atom. The van der Waals surface area contributed by atoms with E-state index in [2.05, 4.69) is 27.7 Å². The second kappa shape index (κ2) is 9.50. The highest BCUT2D eigenvalue weighted by atomic mass is 32.1. The predicted molar refractivity (Wildman–Crippen MR) is 104 cm³/mol. The van der Waals surface area contributed by atoms with Crippen molar-refractivity contribution in [3.8, 4) is 0 Å². The number of benzene rings is 1. The van der Waals surface area contributed by atoms with Gasteiger partial charge in [-0.25, -0.2) is 0 Å². The van der Waals surface area contributed by atoms with Gasteiger partial charge in [0.1, 0.15) is 0 Å². The van der Waals surface area contributed by atoms with Crippen LogP contribution in [0.3, 0.4) is 0 Å². The lowest BCUT2D eigenvalue weighted by Gasteiger charge is -2.34. The monoisotopic (exact) mass is 371 g/mol. The van der Waals surface area contributed by atoms with Crippen LogP contribution in [0.5, 0.6) is 0 Å². The van der Waals surface area contributed by atoms with Crippen molar-refractivity contribution in [3.63, 3.8) is 0 Å². The number of hydrogen-bond acceptors (Lipinski definition) is 4. The summed E-state index contributed by atoms with van der Waals surface area (Å²) in [7, 11) is 0. The van der Waals surface area contributed by atoms with Gasteiger partial charge in [-0.2, -0.15) is 0 Å². The number of amides is 2. The maximum absolute atomic E-state index is 12.3. The minimum Gasteiger partial charge on any atom is -0.352 e. The first-order valence-electron chi connectivity index (χ1n) is 9.08. The minimum absolute atomic E-state index is 0.0831. The lowest BCUT2D eigenvalue weighted by atomic mass is 10.2. The van der Waals surface area contributed by atoms with Gasteiger partial charge < -0.3 is 10.2 Å². The van der Waals surface area contributed by atoms with Crippen LogP contribution < -0.4 is 5.32 Å². The van der Waals surface area contributed by atoms with E-state index in [-0.39, 0.29) is 11.8 Å². The van der Waals surface area contributed by atoms with Gasteiger partial charge in [-0.1, -0.05) is 24.3 Å². The van der Waals surface area contributed by atoms with Gasteiger partial charge in [-0.05, 0) is 30.0 Å². The molecule has 1 fully saturated rings. The minimum atomic E-state index is -0.0831. The van der Waals surface area contributed by atoms with E-state index in [1.807, 2.05) is 23.1 Å². The van der Waals surface area contributed by atoms with Crippen molar-refractivity contribution in [2.24, 2.45) is 0 Å². The molecule has 138 valence electrons. The zero-order valence-electron chi connectivity index (χ0n) is 14.9. The Morgan fingerprint density at radius 3 is 2.46 bits per heavy atom. The van der Waals surface area contributed by atoms with Crippen molar-refractivity contribution in [3.05, 3.63) is 58.3 Å². The van der Waals surface area contributed by atoms with Crippen LogP contribution in [0.15, 0.2) is 47.8 Å². The molecule has 1 aromatic carbocycles. The van der Waals surface area contributed by atoms with E-state index in [1.54, 1.807) is 23.5 Å². The molecule has 0 radical (unpaired) electrons. The van der Waals surface area contributed by atoms with Gasteiger partial charge in [-0.3, -0.25) is 14.5 Å². The summed E-state index contributed by atoms with van der Waals surface area (Å²) in [6.45, 7) is 4.94. The van der Waals surface area contributed by atoms with E-state index < -0.39 is 0 Å². The molecule has 3 rings (SSSR count). The molecular weight excluding hydrogens is 346 g/mol. The van der Waals surface area contributed by atoms with E-state index in [0.717, 1.165) is 32.7 Å². The van der Waals surface area contributed by atoms with Crippen molar-refractivity contribution in [2.45, 2.75) is 19.4 Å². The van der Waals surface area contributed by atoms with Crippen molar-refractivity contribution in [2.75, 3.05) is 32.7 Å². The van der Waals surface area contributed by atoms with Gasteiger partial charge >= 0.3 is 0 Å². The fourth-order valence-electron chi connectivity index (χ4n) is 3.07. The van der Waals surface area contributed by atoms with E-state index in [4.69, 9.17) is 0 Å². The number of hydrogen-bond donors (Lipinski definition) is 1. The molecule has 1 aromatic heterocycles. The van der Waals surface area contributed by atoms with Crippen LogP contribution in [0, 0.1) is 0 Å². The second-order valence-electron chi connectivity index (χ2n) is 6.46. The van der Waals surface area contributed by atoms with Gasteiger partial charge in [0.25, 0.3) is 5.91 Å². The Bertz CT molecular complexity index is 695. The molecular formula is C20H25N3O2S. The van der Waals surface area contributed by atoms with E-state index in [0.29, 0.717) is 24.9 Å². The first-order chi connectivity index (χ1) is 12.7. The molecule has 0 atom stereocenters. The van der Waals surface area contributed by atoms with Crippen LogP contribution in [0.4, 0.5) is 0 Å². The molecule has 0 bridgehead atoms. The smallest absolute Gasteiger partial charge is 0.251 e. The second-order valence-corrected chi connectivity index (χ2v) is 7.49. The number of carbonyl (C=O) groups excluding carboxylic acids is 2. The first-order valence-corrected chi connectivity index (χ1v) is 9.96. The molecule has 0 saturated carbocycles. The Labute approximate surface area is 158 Å². The molecule has 0 aliphatic carbocycles. The average Bonchev–Trinajstić information content (AvgIpc) is 3.19. The van der Waals surface area contributed by atoms with Crippen LogP contribution in [-0.4, -0.2) is 54.3 Å². The Balaban J connectivity index is 1.31. The Hall–Kier alpha value is -2.18. The molecule has 6 heteroatoms. The quantitative estimate of drug-likeness (QED) is 0.761. The topological polar surface area (TPSA) is 52.7 Å². The van der Waals surface area contributed by atoms with E-state index in [9.17, 15) is 9.59 Å². The summed E-state index contributed by atoms with van der Waals surface area (Å²) < 4.78 is 0. The largest absolute Gasteiger partial charge is 0.352 e. The third-order valence-corrected chi connectivity index (χ3v) is 5.43. The molecule has 1 aliphatic heterocycles. The summed E-state index contributed by atoms with van der Waals surface area (Å²) in [5.41, 5.74) is 0.653. The number of rotatable bonds is 7. The molecule has 2 heterocycles. The normalized spacial score (nSPS) is 15.0. The van der Waals surface area contributed by atoms with Crippen LogP contribution in [-0.2, 0) is 11.3 Å². The van der Waals surface area contributed by atoms with Gasteiger partial charge in [0.15, 0.2) is 0 Å². The van der Waals surface area contributed by atoms with Crippen molar-refractivity contribution in [1.29, 1.82) is 0 Å². The van der Waals surface area contributed by atoms with Crippen molar-refractivity contribution < 1.29 is 9.59 Å². The molecule has 1 saturated heterocycles. The molecule has 5 nitrogen and oxygen atoms in total. The molecule has 0 unspecified atom stereocenters. The SMILES string of the molecule is O=C(NCCCC(=O)N1CCN(Cc2cccs2)CC1)c1ccccc1. The van der Waals surface area contributed by atoms with Crippen LogP contribution in [0.1, 0.15) is 28.1 Å². The molecule has 0 spiro atoms. The van der Waals surface area contributed by atoms with Crippen LogP contribution in [0.2, 0.25) is 0 Å². The summed E-state index contributed by atoms with van der Waals surface area (Å²) in [5.74, 6) is 0.106. The summed E-state index contributed by atoms with van der Waals surface area (Å²) in [6, 6.07) is 13.4. The highest BCUT2D eigenvalue weighted by molar-refractivity contribution is 7.09. The third kappa shape index (κ3) is 5.41. The maximum atomic E-state index is 12.3. The van der Waals surface area contributed by atoms with E-state index >= 15 is 0 Å². The number of carbonyl (C=O) groups is 2. The fraction of sp³-hybridized carbons (Fsp3) is 0.400. The van der Waals surface area contributed by atoms with Crippen molar-refractivity contribution >= 4 is 23.2 Å². The first kappa shape index (κ1) is 18.6. The zero-order chi connectivity index (χ0) is 18.2. The van der Waals surface area contributed by atoms with E-state index in [1.165, 1.54) is 4.88 Å². The average molecular weight is 372 g/mol. The highest BCUT2D eigenvalue weighted by Crippen LogP contribution is 2.14. The molecule has 1 N–H and O–H groups in total. The zero-order valence-corrected chi connectivity index (χ0v) is 15.7. The number of piperazine rings is 1. The Kier molecular flexibility index (Phi) is 6.80. The summed E-state index contributed by atoms with van der Waals surface area (Å²) in [4.78, 5) is 30.0. The lowest BCUT2D eigenvalue weighted by Crippen LogP contribution is -2.48. The van der Waals surface area contributed by atoms with Gasteiger partial charge in [0, 0.05) is 56.1 Å². The predicted octanol–water partition coefficient (Wildman–Crippen LogP) is 2.60. The van der Waals surface area contributed by atoms with Crippen LogP contribution in [0.25, 0.3) is 0 Å². The number of nitrogens with one attached hydrogen (secondary N) is 1. The molecule has 2 amide bonds. The van der Waals surface area contributed by atoms with Crippen LogP contribution >= 0.6 is 11.3 Å². The number of nitrogens with zero attached hydrogens (tertiary/aromatic N) is 2. The molecule has 26 heavy (non-hydrogen) atoms. The lowest BCUT2D eigenvalue weighted by molar-refractivity contribution is -0.133. The molecule has 1 aliphatic rings. The maximum Gasteiger partial charge on any atom is 0.251 e. The van der Waals surface area contributed by atoms with Gasteiger partial charge in [0.2, 0.25) is 5.91 Å². The summed E-state index contributed by atoms with van der Waals surface area (Å²) in [5, 5.41) is 4.98.